The Balaban J connectivity index is 2.10. The van der Waals surface area contributed by atoms with Gasteiger partial charge < -0.3 is 29.6 Å². The minimum absolute atomic E-state index is 0.256. The molecule has 0 saturated heterocycles. The summed E-state index contributed by atoms with van der Waals surface area (Å²) >= 11 is 0. The molecule has 184 valence electrons. The Morgan fingerprint density at radius 1 is 0.853 bits per heavy atom. The zero-order valence-corrected chi connectivity index (χ0v) is 20.6. The number of carbonyl (C=O) groups is 3. The number of benzene rings is 2. The van der Waals surface area contributed by atoms with Crippen molar-refractivity contribution >= 4 is 23.5 Å². The fraction of sp³-hybridized carbons (Fsp3) is 0.400. The number of hydrogen-bond acceptors (Lipinski definition) is 7. The summed E-state index contributed by atoms with van der Waals surface area (Å²) in [5, 5.41) is 5.39. The molecule has 2 rings (SSSR count). The minimum atomic E-state index is -1.10. The minimum Gasteiger partial charge on any atom is -0.497 e. The van der Waals surface area contributed by atoms with Crippen LogP contribution in [0.4, 0.5) is 5.69 Å². The predicted molar refractivity (Wildman–Crippen MR) is 128 cm³/mol. The van der Waals surface area contributed by atoms with Gasteiger partial charge in [-0.05, 0) is 49.6 Å². The Morgan fingerprint density at radius 2 is 1.47 bits per heavy atom. The SMILES string of the molecule is COc1cc(OC)cc(C(=O)N[C@@H](C(=O)O[C@@H](C)C(=O)Nc2cc(C)ccc2OC)C(C)C)c1. The molecule has 0 aliphatic carbocycles. The highest BCUT2D eigenvalue weighted by Gasteiger charge is 2.30. The number of ether oxygens (including phenoxy) is 4. The van der Waals surface area contributed by atoms with E-state index in [1.54, 1.807) is 32.0 Å². The van der Waals surface area contributed by atoms with Gasteiger partial charge in [0.15, 0.2) is 6.10 Å². The van der Waals surface area contributed by atoms with Crippen molar-refractivity contribution in [2.45, 2.75) is 39.8 Å². The molecule has 9 heteroatoms. The number of carbonyl (C=O) groups excluding carboxylic acids is 3. The van der Waals surface area contributed by atoms with E-state index in [-0.39, 0.29) is 11.5 Å². The topological polar surface area (TPSA) is 112 Å². The van der Waals surface area contributed by atoms with E-state index in [2.05, 4.69) is 10.6 Å². The number of amides is 2. The first-order valence-electron chi connectivity index (χ1n) is 10.8. The standard InChI is InChI=1S/C25H32N2O7/c1-14(2)22(27-24(29)17-11-18(31-5)13-19(12-17)32-6)25(30)34-16(4)23(28)26-20-10-15(3)8-9-21(20)33-7/h8-14,16,22H,1-7H3,(H,26,28)(H,27,29)/t16-,22+/m0/s1. The second-order valence-electron chi connectivity index (χ2n) is 8.07. The third kappa shape index (κ3) is 6.87. The highest BCUT2D eigenvalue weighted by Crippen LogP contribution is 2.26. The van der Waals surface area contributed by atoms with Gasteiger partial charge >= 0.3 is 5.97 Å². The van der Waals surface area contributed by atoms with Crippen LogP contribution in [0.1, 0.15) is 36.7 Å². The molecule has 0 heterocycles. The maximum atomic E-state index is 12.9. The first-order chi connectivity index (χ1) is 16.1. The molecule has 2 atom stereocenters. The summed E-state index contributed by atoms with van der Waals surface area (Å²) in [5.74, 6) is -0.695. The number of aryl methyl sites for hydroxylation is 1. The summed E-state index contributed by atoms with van der Waals surface area (Å²) < 4.78 is 21.0. The van der Waals surface area contributed by atoms with E-state index in [4.69, 9.17) is 18.9 Å². The van der Waals surface area contributed by atoms with E-state index in [0.29, 0.717) is 22.9 Å². The molecule has 2 aromatic rings. The average molecular weight is 473 g/mol. The molecular weight excluding hydrogens is 440 g/mol. The molecule has 0 bridgehead atoms. The lowest BCUT2D eigenvalue weighted by Gasteiger charge is -2.23. The Morgan fingerprint density at radius 3 is 2.00 bits per heavy atom. The van der Waals surface area contributed by atoms with Crippen molar-refractivity contribution in [2.24, 2.45) is 5.92 Å². The predicted octanol–water partition coefficient (Wildman–Crippen LogP) is 3.35. The van der Waals surface area contributed by atoms with Crippen molar-refractivity contribution in [3.63, 3.8) is 0 Å². The van der Waals surface area contributed by atoms with Gasteiger partial charge in [-0.1, -0.05) is 19.9 Å². The van der Waals surface area contributed by atoms with Crippen LogP contribution in [0.25, 0.3) is 0 Å². The molecule has 2 N–H and O–H groups in total. The molecule has 2 aromatic carbocycles. The third-order valence-corrected chi connectivity index (χ3v) is 5.10. The van der Waals surface area contributed by atoms with Gasteiger partial charge in [-0.3, -0.25) is 9.59 Å². The molecule has 34 heavy (non-hydrogen) atoms. The average Bonchev–Trinajstić information content (AvgIpc) is 2.81. The molecular formula is C25H32N2O7. The van der Waals surface area contributed by atoms with Crippen LogP contribution in [0, 0.1) is 12.8 Å². The Bertz CT molecular complexity index is 1010. The van der Waals surface area contributed by atoms with Crippen LogP contribution < -0.4 is 24.8 Å². The van der Waals surface area contributed by atoms with Gasteiger partial charge in [0.2, 0.25) is 0 Å². The largest absolute Gasteiger partial charge is 0.497 e. The first kappa shape index (κ1) is 26.5. The number of hydrogen-bond donors (Lipinski definition) is 2. The lowest BCUT2D eigenvalue weighted by molar-refractivity contribution is -0.156. The van der Waals surface area contributed by atoms with Gasteiger partial charge in [0.1, 0.15) is 23.3 Å². The highest BCUT2D eigenvalue weighted by atomic mass is 16.5. The zero-order chi connectivity index (χ0) is 25.4. The Kier molecular flexibility index (Phi) is 9.29. The van der Waals surface area contributed by atoms with Crippen LogP contribution in [0.2, 0.25) is 0 Å². The fourth-order valence-corrected chi connectivity index (χ4v) is 3.12. The number of anilines is 1. The molecule has 0 aliphatic heterocycles. The number of nitrogens with one attached hydrogen (secondary N) is 2. The summed E-state index contributed by atoms with van der Waals surface area (Å²) in [6.45, 7) is 6.87. The van der Waals surface area contributed by atoms with Crippen molar-refractivity contribution < 1.29 is 33.3 Å². The van der Waals surface area contributed by atoms with Crippen LogP contribution in [0.15, 0.2) is 36.4 Å². The van der Waals surface area contributed by atoms with Crippen LogP contribution in [-0.4, -0.2) is 51.3 Å². The number of esters is 1. The molecule has 9 nitrogen and oxygen atoms in total. The van der Waals surface area contributed by atoms with Crippen molar-refractivity contribution in [3.05, 3.63) is 47.5 Å². The van der Waals surface area contributed by atoms with Crippen LogP contribution in [-0.2, 0) is 14.3 Å². The maximum Gasteiger partial charge on any atom is 0.329 e. The van der Waals surface area contributed by atoms with Crippen LogP contribution in [0.3, 0.4) is 0 Å². The molecule has 0 fully saturated rings. The monoisotopic (exact) mass is 472 g/mol. The van der Waals surface area contributed by atoms with Gasteiger partial charge in [0.05, 0.1) is 27.0 Å². The second kappa shape index (κ2) is 11.9. The van der Waals surface area contributed by atoms with E-state index in [1.807, 2.05) is 13.0 Å². The normalized spacial score (nSPS) is 12.4. The molecule has 0 aliphatic rings. The van der Waals surface area contributed by atoms with Crippen molar-refractivity contribution in [2.75, 3.05) is 26.6 Å². The van der Waals surface area contributed by atoms with E-state index in [9.17, 15) is 14.4 Å². The molecule has 0 radical (unpaired) electrons. The molecule has 0 aromatic heterocycles. The van der Waals surface area contributed by atoms with E-state index in [1.165, 1.54) is 40.4 Å². The van der Waals surface area contributed by atoms with Crippen molar-refractivity contribution in [1.29, 1.82) is 0 Å². The quantitative estimate of drug-likeness (QED) is 0.510. The summed E-state index contributed by atoms with van der Waals surface area (Å²) in [6, 6.07) is 9.07. The van der Waals surface area contributed by atoms with Gasteiger partial charge in [0.25, 0.3) is 11.8 Å². The molecule has 2 amide bonds. The Labute approximate surface area is 199 Å². The fourth-order valence-electron chi connectivity index (χ4n) is 3.12. The van der Waals surface area contributed by atoms with E-state index < -0.39 is 29.9 Å². The van der Waals surface area contributed by atoms with Gasteiger partial charge in [-0.2, -0.15) is 0 Å². The maximum absolute atomic E-state index is 12.9. The number of methoxy groups -OCH3 is 3. The molecule has 0 unspecified atom stereocenters. The van der Waals surface area contributed by atoms with Crippen molar-refractivity contribution in [1.82, 2.24) is 5.32 Å². The second-order valence-corrected chi connectivity index (χ2v) is 8.07. The van der Waals surface area contributed by atoms with Crippen LogP contribution in [0.5, 0.6) is 17.2 Å². The molecule has 0 saturated carbocycles. The Hall–Kier alpha value is -3.75. The van der Waals surface area contributed by atoms with Gasteiger partial charge in [0, 0.05) is 11.6 Å². The van der Waals surface area contributed by atoms with E-state index >= 15 is 0 Å². The van der Waals surface area contributed by atoms with Crippen molar-refractivity contribution in [3.8, 4) is 17.2 Å². The highest BCUT2D eigenvalue weighted by molar-refractivity contribution is 5.99. The lowest BCUT2D eigenvalue weighted by Crippen LogP contribution is -2.47. The summed E-state index contributed by atoms with van der Waals surface area (Å²) in [6.07, 6.45) is -1.10. The summed E-state index contributed by atoms with van der Waals surface area (Å²) in [4.78, 5) is 38.3. The van der Waals surface area contributed by atoms with E-state index in [0.717, 1.165) is 5.56 Å². The van der Waals surface area contributed by atoms with Crippen LogP contribution >= 0.6 is 0 Å². The summed E-state index contributed by atoms with van der Waals surface area (Å²) in [5.41, 5.74) is 1.65. The number of rotatable bonds is 10. The lowest BCUT2D eigenvalue weighted by atomic mass is 10.0. The van der Waals surface area contributed by atoms with Gasteiger partial charge in [-0.15, -0.1) is 0 Å². The zero-order valence-electron chi connectivity index (χ0n) is 20.6. The smallest absolute Gasteiger partial charge is 0.329 e. The molecule has 0 spiro atoms. The first-order valence-corrected chi connectivity index (χ1v) is 10.8. The third-order valence-electron chi connectivity index (χ3n) is 5.10. The summed E-state index contributed by atoms with van der Waals surface area (Å²) in [7, 11) is 4.45. The van der Waals surface area contributed by atoms with Gasteiger partial charge in [-0.25, -0.2) is 4.79 Å².